The highest BCUT2D eigenvalue weighted by atomic mass is 15.3. The number of rotatable bonds is 4. The van der Waals surface area contributed by atoms with E-state index in [4.69, 9.17) is 0 Å². The van der Waals surface area contributed by atoms with E-state index in [0.717, 1.165) is 19.6 Å². The molecule has 1 aliphatic rings. The maximum Gasteiger partial charge on any atom is 0.0278 e. The highest BCUT2D eigenvalue weighted by molar-refractivity contribution is 5.25. The molecule has 1 fully saturated rings. The summed E-state index contributed by atoms with van der Waals surface area (Å²) in [6, 6.07) is 9.42. The monoisotopic (exact) mass is 274 g/mol. The van der Waals surface area contributed by atoms with Crippen LogP contribution in [0, 0.1) is 12.8 Å². The summed E-state index contributed by atoms with van der Waals surface area (Å²) in [5, 5.41) is 3.77. The molecule has 2 unspecified atom stereocenters. The predicted octanol–water partition coefficient (Wildman–Crippen LogP) is 3.59. The minimum absolute atomic E-state index is 0.258. The Morgan fingerprint density at radius 3 is 2.65 bits per heavy atom. The van der Waals surface area contributed by atoms with Crippen molar-refractivity contribution in [2.24, 2.45) is 5.92 Å². The van der Waals surface area contributed by atoms with Gasteiger partial charge in [0.15, 0.2) is 0 Å². The van der Waals surface area contributed by atoms with E-state index in [9.17, 15) is 0 Å². The van der Waals surface area contributed by atoms with Crippen molar-refractivity contribution in [2.75, 3.05) is 13.1 Å². The third kappa shape index (κ3) is 3.42. The third-order valence-corrected chi connectivity index (χ3v) is 4.94. The largest absolute Gasteiger partial charge is 0.309 e. The zero-order chi connectivity index (χ0) is 14.8. The van der Waals surface area contributed by atoms with Crippen molar-refractivity contribution < 1.29 is 0 Å². The Morgan fingerprint density at radius 2 is 2.05 bits per heavy atom. The van der Waals surface area contributed by atoms with Gasteiger partial charge in [0.05, 0.1) is 0 Å². The molecule has 1 heterocycles. The summed E-state index contributed by atoms with van der Waals surface area (Å²) in [6.07, 6.45) is 1.18. The fourth-order valence-electron chi connectivity index (χ4n) is 3.18. The fraction of sp³-hybridized carbons (Fsp3) is 0.667. The summed E-state index contributed by atoms with van der Waals surface area (Å²) in [6.45, 7) is 14.9. The van der Waals surface area contributed by atoms with Crippen LogP contribution in [0.25, 0.3) is 0 Å². The van der Waals surface area contributed by atoms with E-state index in [1.807, 2.05) is 0 Å². The molecule has 1 saturated heterocycles. The molecule has 2 nitrogen and oxygen atoms in total. The first-order valence-corrected chi connectivity index (χ1v) is 7.99. The minimum atomic E-state index is 0.258. The number of benzene rings is 1. The van der Waals surface area contributed by atoms with Gasteiger partial charge in [0, 0.05) is 31.2 Å². The van der Waals surface area contributed by atoms with Crippen molar-refractivity contribution in [3.63, 3.8) is 0 Å². The third-order valence-electron chi connectivity index (χ3n) is 4.94. The summed E-state index contributed by atoms with van der Waals surface area (Å²) in [5.74, 6) is 0.688. The average molecular weight is 274 g/mol. The first kappa shape index (κ1) is 15.5. The molecule has 0 radical (unpaired) electrons. The molecule has 0 spiro atoms. The minimum Gasteiger partial charge on any atom is -0.309 e. The number of nitrogens with one attached hydrogen (secondary N) is 1. The van der Waals surface area contributed by atoms with Crippen molar-refractivity contribution in [2.45, 2.75) is 59.2 Å². The molecule has 2 heteroatoms. The van der Waals surface area contributed by atoms with Crippen LogP contribution in [0.5, 0.6) is 0 Å². The molecule has 0 aromatic heterocycles. The Balaban J connectivity index is 2.18. The van der Waals surface area contributed by atoms with Gasteiger partial charge in [-0.3, -0.25) is 4.90 Å². The van der Waals surface area contributed by atoms with Crippen molar-refractivity contribution in [3.05, 3.63) is 35.4 Å². The highest BCUT2D eigenvalue weighted by Gasteiger charge is 2.35. The van der Waals surface area contributed by atoms with E-state index in [-0.39, 0.29) is 5.54 Å². The Kier molecular flexibility index (Phi) is 4.87. The molecule has 0 amide bonds. The SMILES string of the molecule is CCC1(C)CN(Cc2ccccc2C)C(C(C)C)CN1. The van der Waals surface area contributed by atoms with Gasteiger partial charge in [-0.15, -0.1) is 0 Å². The molecule has 1 N–H and O–H groups in total. The summed E-state index contributed by atoms with van der Waals surface area (Å²) in [4.78, 5) is 2.69. The lowest BCUT2D eigenvalue weighted by atomic mass is 9.89. The van der Waals surface area contributed by atoms with Crippen LogP contribution in [0.1, 0.15) is 45.2 Å². The lowest BCUT2D eigenvalue weighted by molar-refractivity contribution is 0.0537. The van der Waals surface area contributed by atoms with Gasteiger partial charge in [-0.2, -0.15) is 0 Å². The standard InChI is InChI=1S/C18H30N2/c1-6-18(5)13-20(17(11-19-18)14(2)3)12-16-10-8-7-9-15(16)4/h7-10,14,17,19H,6,11-13H2,1-5H3. The maximum atomic E-state index is 3.77. The van der Waals surface area contributed by atoms with E-state index in [1.54, 1.807) is 0 Å². The van der Waals surface area contributed by atoms with Gasteiger partial charge in [0.1, 0.15) is 0 Å². The number of hydrogen-bond donors (Lipinski definition) is 1. The Morgan fingerprint density at radius 1 is 1.35 bits per heavy atom. The predicted molar refractivity (Wildman–Crippen MR) is 86.9 cm³/mol. The molecular weight excluding hydrogens is 244 g/mol. The van der Waals surface area contributed by atoms with E-state index in [1.165, 1.54) is 17.5 Å². The summed E-state index contributed by atoms with van der Waals surface area (Å²) < 4.78 is 0. The first-order valence-electron chi connectivity index (χ1n) is 7.99. The average Bonchev–Trinajstić information content (AvgIpc) is 2.41. The summed E-state index contributed by atoms with van der Waals surface area (Å²) in [5.41, 5.74) is 3.14. The zero-order valence-electron chi connectivity index (χ0n) is 13.7. The molecule has 2 rings (SSSR count). The molecule has 1 aromatic carbocycles. The molecule has 20 heavy (non-hydrogen) atoms. The van der Waals surface area contributed by atoms with Crippen LogP contribution < -0.4 is 5.32 Å². The van der Waals surface area contributed by atoms with E-state index in [2.05, 4.69) is 69.1 Å². The Bertz CT molecular complexity index is 441. The maximum absolute atomic E-state index is 3.77. The van der Waals surface area contributed by atoms with Crippen molar-refractivity contribution in [1.29, 1.82) is 0 Å². The number of hydrogen-bond acceptors (Lipinski definition) is 2. The van der Waals surface area contributed by atoms with Gasteiger partial charge in [-0.25, -0.2) is 0 Å². The zero-order valence-corrected chi connectivity index (χ0v) is 13.7. The topological polar surface area (TPSA) is 15.3 Å². The van der Waals surface area contributed by atoms with Gasteiger partial charge in [-0.1, -0.05) is 45.0 Å². The van der Waals surface area contributed by atoms with Crippen molar-refractivity contribution >= 4 is 0 Å². The molecular formula is C18H30N2. The quantitative estimate of drug-likeness (QED) is 0.902. The molecule has 112 valence electrons. The molecule has 0 bridgehead atoms. The van der Waals surface area contributed by atoms with E-state index < -0.39 is 0 Å². The van der Waals surface area contributed by atoms with Gasteiger partial charge >= 0.3 is 0 Å². The molecule has 1 aliphatic heterocycles. The fourth-order valence-corrected chi connectivity index (χ4v) is 3.18. The van der Waals surface area contributed by atoms with Crippen LogP contribution in [0.4, 0.5) is 0 Å². The molecule has 0 saturated carbocycles. The van der Waals surface area contributed by atoms with Crippen molar-refractivity contribution in [3.8, 4) is 0 Å². The van der Waals surface area contributed by atoms with Gasteiger partial charge in [0.2, 0.25) is 0 Å². The molecule has 1 aromatic rings. The Hall–Kier alpha value is -0.860. The normalized spacial score (nSPS) is 28.0. The van der Waals surface area contributed by atoms with Gasteiger partial charge in [-0.05, 0) is 37.3 Å². The second kappa shape index (κ2) is 6.28. The van der Waals surface area contributed by atoms with Gasteiger partial charge < -0.3 is 5.32 Å². The van der Waals surface area contributed by atoms with E-state index in [0.29, 0.717) is 12.0 Å². The number of piperazine rings is 1. The highest BCUT2D eigenvalue weighted by Crippen LogP contribution is 2.25. The van der Waals surface area contributed by atoms with Gasteiger partial charge in [0.25, 0.3) is 0 Å². The number of aryl methyl sites for hydroxylation is 1. The van der Waals surface area contributed by atoms with Crippen LogP contribution in [-0.4, -0.2) is 29.6 Å². The second-order valence-electron chi connectivity index (χ2n) is 6.94. The molecule has 0 aliphatic carbocycles. The number of nitrogens with zero attached hydrogens (tertiary/aromatic N) is 1. The smallest absolute Gasteiger partial charge is 0.0278 e. The lowest BCUT2D eigenvalue weighted by Gasteiger charge is -2.47. The van der Waals surface area contributed by atoms with Crippen LogP contribution in [0.3, 0.4) is 0 Å². The first-order chi connectivity index (χ1) is 9.45. The van der Waals surface area contributed by atoms with E-state index >= 15 is 0 Å². The van der Waals surface area contributed by atoms with Crippen LogP contribution in [0.15, 0.2) is 24.3 Å². The van der Waals surface area contributed by atoms with Crippen LogP contribution in [-0.2, 0) is 6.54 Å². The second-order valence-corrected chi connectivity index (χ2v) is 6.94. The summed E-state index contributed by atoms with van der Waals surface area (Å²) in [7, 11) is 0. The van der Waals surface area contributed by atoms with Crippen LogP contribution in [0.2, 0.25) is 0 Å². The molecule has 2 atom stereocenters. The summed E-state index contributed by atoms with van der Waals surface area (Å²) >= 11 is 0. The van der Waals surface area contributed by atoms with Crippen molar-refractivity contribution in [1.82, 2.24) is 10.2 Å². The van der Waals surface area contributed by atoms with Crippen LogP contribution >= 0.6 is 0 Å². The lowest BCUT2D eigenvalue weighted by Crippen LogP contribution is -2.63. The Labute approximate surface area is 124 Å².